The highest BCUT2D eigenvalue weighted by Crippen LogP contribution is 2.39. The summed E-state index contributed by atoms with van der Waals surface area (Å²) in [5, 5.41) is 11.8. The van der Waals surface area contributed by atoms with Crippen LogP contribution in [-0.4, -0.2) is 54.7 Å². The average Bonchev–Trinajstić information content (AvgIpc) is 3.16. The van der Waals surface area contributed by atoms with Crippen molar-refractivity contribution >= 4 is 30.8 Å². The van der Waals surface area contributed by atoms with E-state index < -0.39 is 38.1 Å². The lowest BCUT2D eigenvalue weighted by molar-refractivity contribution is -0.142. The number of likely N-dealkylation sites (tertiary alicyclic amines) is 1. The summed E-state index contributed by atoms with van der Waals surface area (Å²) >= 11 is 0. The van der Waals surface area contributed by atoms with Gasteiger partial charge in [-0.25, -0.2) is 9.59 Å². The smallest absolute Gasteiger partial charge is 0.411 e. The fraction of sp³-hybridized carbons (Fsp3) is 0.462. The summed E-state index contributed by atoms with van der Waals surface area (Å²) in [6, 6.07) is 19.4. The molecule has 2 aromatic carbocycles. The molecule has 3 rings (SSSR count). The molecule has 0 aliphatic carbocycles. The van der Waals surface area contributed by atoms with E-state index >= 15 is 0 Å². The van der Waals surface area contributed by atoms with Crippen LogP contribution < -0.4 is 10.4 Å². The first kappa shape index (κ1) is 25.0. The molecule has 2 atom stereocenters. The van der Waals surface area contributed by atoms with Crippen LogP contribution in [0, 0.1) is 0 Å². The molecule has 1 saturated heterocycles. The molecular weight excluding hydrogens is 434 g/mol. The van der Waals surface area contributed by atoms with Crippen molar-refractivity contribution in [2.45, 2.75) is 70.7 Å². The van der Waals surface area contributed by atoms with Gasteiger partial charge in [0.15, 0.2) is 0 Å². The van der Waals surface area contributed by atoms with Gasteiger partial charge in [-0.05, 0) is 36.2 Å². The third kappa shape index (κ3) is 5.30. The van der Waals surface area contributed by atoms with Crippen LogP contribution >= 0.6 is 0 Å². The second-order valence-corrected chi connectivity index (χ2v) is 14.9. The molecule has 0 bridgehead atoms. The van der Waals surface area contributed by atoms with E-state index in [4.69, 9.17) is 9.16 Å². The van der Waals surface area contributed by atoms with E-state index in [-0.39, 0.29) is 18.0 Å². The Morgan fingerprint density at radius 1 is 0.909 bits per heavy atom. The predicted octanol–water partition coefficient (Wildman–Crippen LogP) is 4.03. The highest BCUT2D eigenvalue weighted by Gasteiger charge is 2.53. The lowest BCUT2D eigenvalue weighted by atomic mass is 10.2. The van der Waals surface area contributed by atoms with Gasteiger partial charge in [0, 0.05) is 13.0 Å². The SMILES string of the molecule is CC(C)(C)OC(=O)N1C[C@H](O[Si](c2ccccc2)(c2ccccc2)C(C)(C)C)C[C@H]1C(=O)O. The zero-order valence-corrected chi connectivity index (χ0v) is 21.4. The van der Waals surface area contributed by atoms with Crippen LogP contribution in [0.4, 0.5) is 4.79 Å². The van der Waals surface area contributed by atoms with Crippen molar-refractivity contribution in [2.24, 2.45) is 0 Å². The second kappa shape index (κ2) is 9.31. The predicted molar refractivity (Wildman–Crippen MR) is 131 cm³/mol. The van der Waals surface area contributed by atoms with Crippen LogP contribution in [0.3, 0.4) is 0 Å². The number of carboxylic acids is 1. The number of amides is 1. The zero-order chi connectivity index (χ0) is 24.4. The number of ether oxygens (including phenoxy) is 1. The molecule has 0 unspecified atom stereocenters. The van der Waals surface area contributed by atoms with Crippen LogP contribution in [-0.2, 0) is 14.0 Å². The standard InChI is InChI=1S/C26H35NO5Si/c1-25(2,3)31-24(30)27-18-19(17-22(27)23(28)29)32-33(26(4,5)6,20-13-9-7-10-14-20)21-15-11-8-12-16-21/h7-16,19,22H,17-18H2,1-6H3,(H,28,29)/t19-,22+/m1/s1. The normalized spacial score (nSPS) is 19.4. The van der Waals surface area contributed by atoms with E-state index in [2.05, 4.69) is 45.0 Å². The number of carbonyl (C=O) groups excluding carboxylic acids is 1. The number of carboxylic acid groups (broad SMARTS) is 1. The van der Waals surface area contributed by atoms with Crippen molar-refractivity contribution in [1.29, 1.82) is 0 Å². The Hall–Kier alpha value is -2.64. The van der Waals surface area contributed by atoms with Crippen molar-refractivity contribution in [3.05, 3.63) is 60.7 Å². The fourth-order valence-corrected chi connectivity index (χ4v) is 9.27. The topological polar surface area (TPSA) is 76.1 Å². The Labute approximate surface area is 197 Å². The molecule has 2 aromatic rings. The summed E-state index contributed by atoms with van der Waals surface area (Å²) in [6.07, 6.45) is -0.827. The van der Waals surface area contributed by atoms with Crippen LogP contribution in [0.1, 0.15) is 48.0 Å². The van der Waals surface area contributed by atoms with Gasteiger partial charge in [-0.3, -0.25) is 4.90 Å². The number of carbonyl (C=O) groups is 2. The van der Waals surface area contributed by atoms with Crippen molar-refractivity contribution < 1.29 is 23.9 Å². The van der Waals surface area contributed by atoms with E-state index in [0.29, 0.717) is 0 Å². The van der Waals surface area contributed by atoms with E-state index in [1.54, 1.807) is 20.8 Å². The Balaban J connectivity index is 2.03. The molecule has 1 heterocycles. The number of hydrogen-bond acceptors (Lipinski definition) is 4. The quantitative estimate of drug-likeness (QED) is 0.669. The van der Waals surface area contributed by atoms with Crippen molar-refractivity contribution in [2.75, 3.05) is 6.54 Å². The van der Waals surface area contributed by atoms with Crippen LogP contribution in [0.25, 0.3) is 0 Å². The van der Waals surface area contributed by atoms with Gasteiger partial charge in [0.2, 0.25) is 0 Å². The molecule has 33 heavy (non-hydrogen) atoms. The van der Waals surface area contributed by atoms with E-state index in [1.165, 1.54) is 4.90 Å². The minimum Gasteiger partial charge on any atom is -0.480 e. The molecular formula is C26H35NO5Si. The van der Waals surface area contributed by atoms with Crippen molar-refractivity contribution in [3.63, 3.8) is 0 Å². The van der Waals surface area contributed by atoms with Gasteiger partial charge >= 0.3 is 12.1 Å². The molecule has 1 aliphatic rings. The number of hydrogen-bond donors (Lipinski definition) is 1. The first-order valence-electron chi connectivity index (χ1n) is 11.4. The largest absolute Gasteiger partial charge is 0.480 e. The zero-order valence-electron chi connectivity index (χ0n) is 20.4. The number of benzene rings is 2. The monoisotopic (exact) mass is 469 g/mol. The molecule has 0 saturated carbocycles. The maximum absolute atomic E-state index is 12.8. The molecule has 0 radical (unpaired) electrons. The van der Waals surface area contributed by atoms with Crippen LogP contribution in [0.5, 0.6) is 0 Å². The Kier molecular flexibility index (Phi) is 7.05. The van der Waals surface area contributed by atoms with Gasteiger partial charge < -0.3 is 14.3 Å². The van der Waals surface area contributed by atoms with Gasteiger partial charge in [0.1, 0.15) is 11.6 Å². The van der Waals surface area contributed by atoms with Crippen molar-refractivity contribution in [1.82, 2.24) is 4.90 Å². The fourth-order valence-electron chi connectivity index (χ4n) is 4.58. The molecule has 1 amide bonds. The minimum atomic E-state index is -2.86. The maximum Gasteiger partial charge on any atom is 0.411 e. The lowest BCUT2D eigenvalue weighted by Gasteiger charge is -2.44. The average molecular weight is 470 g/mol. The van der Waals surface area contributed by atoms with E-state index in [0.717, 1.165) is 10.4 Å². The first-order valence-corrected chi connectivity index (χ1v) is 13.3. The highest BCUT2D eigenvalue weighted by molar-refractivity contribution is 6.99. The summed E-state index contributed by atoms with van der Waals surface area (Å²) in [7, 11) is -2.86. The van der Waals surface area contributed by atoms with E-state index in [9.17, 15) is 14.7 Å². The second-order valence-electron chi connectivity index (χ2n) is 10.6. The molecule has 178 valence electrons. The molecule has 6 nitrogen and oxygen atoms in total. The Morgan fingerprint density at radius 2 is 1.39 bits per heavy atom. The molecule has 1 aliphatic heterocycles. The van der Waals surface area contributed by atoms with Gasteiger partial charge in [0.25, 0.3) is 8.32 Å². The number of rotatable bonds is 5. The summed E-state index contributed by atoms with van der Waals surface area (Å²) in [5.41, 5.74) is -0.711. The lowest BCUT2D eigenvalue weighted by Crippen LogP contribution is -2.67. The molecule has 1 fully saturated rings. The molecule has 7 heteroatoms. The summed E-state index contributed by atoms with van der Waals surface area (Å²) in [6.45, 7) is 12.0. The Bertz CT molecular complexity index is 926. The van der Waals surface area contributed by atoms with Crippen molar-refractivity contribution in [3.8, 4) is 0 Å². The van der Waals surface area contributed by atoms with Crippen LogP contribution in [0.2, 0.25) is 5.04 Å². The van der Waals surface area contributed by atoms with E-state index in [1.807, 2.05) is 36.4 Å². The molecule has 0 aromatic heterocycles. The summed E-state index contributed by atoms with van der Waals surface area (Å²) in [5.74, 6) is -1.05. The first-order chi connectivity index (χ1) is 15.3. The van der Waals surface area contributed by atoms with Gasteiger partial charge in [-0.1, -0.05) is 81.4 Å². The number of aliphatic carboxylic acids is 1. The van der Waals surface area contributed by atoms with Gasteiger partial charge in [0.05, 0.1) is 6.10 Å². The third-order valence-electron chi connectivity index (χ3n) is 5.94. The molecule has 1 N–H and O–H groups in total. The van der Waals surface area contributed by atoms with Gasteiger partial charge in [-0.2, -0.15) is 0 Å². The molecule has 0 spiro atoms. The maximum atomic E-state index is 12.8. The van der Waals surface area contributed by atoms with Crippen LogP contribution in [0.15, 0.2) is 60.7 Å². The van der Waals surface area contributed by atoms with Gasteiger partial charge in [-0.15, -0.1) is 0 Å². The number of nitrogens with zero attached hydrogens (tertiary/aromatic N) is 1. The Morgan fingerprint density at radius 3 is 1.79 bits per heavy atom. The highest BCUT2D eigenvalue weighted by atomic mass is 28.4. The minimum absolute atomic E-state index is 0.177. The third-order valence-corrected chi connectivity index (χ3v) is 11.0. The summed E-state index contributed by atoms with van der Waals surface area (Å²) in [4.78, 5) is 26.2. The summed E-state index contributed by atoms with van der Waals surface area (Å²) < 4.78 is 12.5.